The van der Waals surface area contributed by atoms with Crippen LogP contribution in [0.15, 0.2) is 0 Å². The fourth-order valence-corrected chi connectivity index (χ4v) is 3.43. The number of likely N-dealkylation sites (tertiary alicyclic amines) is 2. The van der Waals surface area contributed by atoms with Gasteiger partial charge < -0.3 is 20.6 Å². The van der Waals surface area contributed by atoms with Crippen molar-refractivity contribution in [2.45, 2.75) is 37.8 Å². The number of fused-ring (bicyclic) bond motifs is 1. The van der Waals surface area contributed by atoms with Crippen molar-refractivity contribution in [3.63, 3.8) is 0 Å². The molecule has 0 bridgehead atoms. The molecule has 0 aromatic carbocycles. The lowest BCUT2D eigenvalue weighted by Gasteiger charge is -2.47. The smallest absolute Gasteiger partial charge is 0.0621 e. The first kappa shape index (κ1) is 13.3. The Hall–Kier alpha value is -0.160. The molecule has 2 rings (SSSR count). The Labute approximate surface area is 105 Å². The lowest BCUT2D eigenvalue weighted by molar-refractivity contribution is 0.0255. The van der Waals surface area contributed by atoms with Crippen molar-refractivity contribution < 1.29 is 5.11 Å². The number of rotatable bonds is 3. The SMILES string of the molecule is CN1CCCC2CN(CC(C)(N)CO)CCC21. The van der Waals surface area contributed by atoms with Gasteiger partial charge in [-0.25, -0.2) is 0 Å². The number of piperidine rings is 2. The summed E-state index contributed by atoms with van der Waals surface area (Å²) in [7, 11) is 2.26. The molecule has 0 spiro atoms. The highest BCUT2D eigenvalue weighted by atomic mass is 16.3. The lowest BCUT2D eigenvalue weighted by Crippen LogP contribution is -2.57. The summed E-state index contributed by atoms with van der Waals surface area (Å²) in [5.41, 5.74) is 5.59. The van der Waals surface area contributed by atoms with Gasteiger partial charge in [0.2, 0.25) is 0 Å². The molecule has 17 heavy (non-hydrogen) atoms. The van der Waals surface area contributed by atoms with Crippen LogP contribution in [-0.4, -0.2) is 66.3 Å². The minimum atomic E-state index is -0.451. The molecule has 3 N–H and O–H groups in total. The Kier molecular flexibility index (Phi) is 4.08. The zero-order valence-corrected chi connectivity index (χ0v) is 11.2. The van der Waals surface area contributed by atoms with E-state index < -0.39 is 5.54 Å². The van der Waals surface area contributed by atoms with Gasteiger partial charge in [0.1, 0.15) is 0 Å². The zero-order chi connectivity index (χ0) is 12.5. The molecule has 2 heterocycles. The highest BCUT2D eigenvalue weighted by Gasteiger charge is 2.35. The molecule has 0 saturated carbocycles. The third-order valence-electron chi connectivity index (χ3n) is 4.38. The Morgan fingerprint density at radius 1 is 1.35 bits per heavy atom. The van der Waals surface area contributed by atoms with E-state index in [-0.39, 0.29) is 6.61 Å². The molecule has 0 aromatic rings. The van der Waals surface area contributed by atoms with Crippen molar-refractivity contribution in [3.8, 4) is 0 Å². The van der Waals surface area contributed by atoms with Crippen LogP contribution >= 0.6 is 0 Å². The molecule has 0 radical (unpaired) electrons. The summed E-state index contributed by atoms with van der Waals surface area (Å²) in [5.74, 6) is 0.803. The van der Waals surface area contributed by atoms with Gasteiger partial charge in [-0.15, -0.1) is 0 Å². The van der Waals surface area contributed by atoms with E-state index in [1.165, 1.54) is 25.8 Å². The number of hydrogen-bond donors (Lipinski definition) is 2. The highest BCUT2D eigenvalue weighted by molar-refractivity contribution is 4.92. The van der Waals surface area contributed by atoms with Crippen LogP contribution in [0.5, 0.6) is 0 Å². The van der Waals surface area contributed by atoms with Crippen LogP contribution in [0.2, 0.25) is 0 Å². The summed E-state index contributed by atoms with van der Waals surface area (Å²) < 4.78 is 0. The topological polar surface area (TPSA) is 52.7 Å². The molecule has 0 aromatic heterocycles. The first-order valence-corrected chi connectivity index (χ1v) is 6.84. The molecule has 100 valence electrons. The van der Waals surface area contributed by atoms with Gasteiger partial charge in [0.25, 0.3) is 0 Å². The first-order valence-electron chi connectivity index (χ1n) is 6.84. The zero-order valence-electron chi connectivity index (χ0n) is 11.2. The lowest BCUT2D eigenvalue weighted by atomic mass is 9.83. The van der Waals surface area contributed by atoms with E-state index in [1.807, 2.05) is 6.92 Å². The molecule has 2 aliphatic rings. The van der Waals surface area contributed by atoms with Gasteiger partial charge in [0.05, 0.1) is 6.61 Å². The number of nitrogens with two attached hydrogens (primary N) is 1. The summed E-state index contributed by atoms with van der Waals surface area (Å²) in [6, 6.07) is 0.776. The van der Waals surface area contributed by atoms with Crippen molar-refractivity contribution in [1.29, 1.82) is 0 Å². The fraction of sp³-hybridized carbons (Fsp3) is 1.00. The first-order chi connectivity index (χ1) is 8.02. The molecule has 4 nitrogen and oxygen atoms in total. The number of aliphatic hydroxyl groups is 1. The van der Waals surface area contributed by atoms with Crippen LogP contribution < -0.4 is 5.73 Å². The Balaban J connectivity index is 1.89. The largest absolute Gasteiger partial charge is 0.394 e. The monoisotopic (exact) mass is 241 g/mol. The Morgan fingerprint density at radius 2 is 2.12 bits per heavy atom. The molecule has 3 unspecified atom stereocenters. The van der Waals surface area contributed by atoms with Gasteiger partial charge in [-0.05, 0) is 52.2 Å². The second-order valence-electron chi connectivity index (χ2n) is 6.29. The molecular formula is C13H27N3O. The molecule has 2 fully saturated rings. The summed E-state index contributed by atoms with van der Waals surface area (Å²) in [4.78, 5) is 4.97. The predicted octanol–water partition coefficient (Wildman–Crippen LogP) is 0.112. The van der Waals surface area contributed by atoms with E-state index >= 15 is 0 Å². The third kappa shape index (κ3) is 3.19. The van der Waals surface area contributed by atoms with Gasteiger partial charge in [0, 0.05) is 24.7 Å². The van der Waals surface area contributed by atoms with Crippen LogP contribution in [-0.2, 0) is 0 Å². The second kappa shape index (κ2) is 5.22. The van der Waals surface area contributed by atoms with E-state index in [9.17, 15) is 5.11 Å². The van der Waals surface area contributed by atoms with Gasteiger partial charge in [-0.1, -0.05) is 0 Å². The minimum Gasteiger partial charge on any atom is -0.394 e. The van der Waals surface area contributed by atoms with E-state index in [4.69, 9.17) is 5.73 Å². The summed E-state index contributed by atoms with van der Waals surface area (Å²) in [6.45, 7) is 6.35. The Morgan fingerprint density at radius 3 is 2.82 bits per heavy atom. The van der Waals surface area contributed by atoms with Crippen molar-refractivity contribution in [3.05, 3.63) is 0 Å². The number of hydrogen-bond acceptors (Lipinski definition) is 4. The van der Waals surface area contributed by atoms with E-state index in [0.717, 1.165) is 31.6 Å². The summed E-state index contributed by atoms with van der Waals surface area (Å²) in [5, 5.41) is 9.24. The van der Waals surface area contributed by atoms with Crippen molar-refractivity contribution in [2.24, 2.45) is 11.7 Å². The second-order valence-corrected chi connectivity index (χ2v) is 6.29. The standard InChI is InChI=1S/C13H27N3O/c1-13(14,10-17)9-16-7-5-12-11(8-16)4-3-6-15(12)2/h11-12,17H,3-10,14H2,1-2H3. The molecule has 0 aliphatic carbocycles. The minimum absolute atomic E-state index is 0.0670. The maximum Gasteiger partial charge on any atom is 0.0621 e. The summed E-state index contributed by atoms with van der Waals surface area (Å²) in [6.07, 6.45) is 3.93. The average molecular weight is 241 g/mol. The van der Waals surface area contributed by atoms with Crippen LogP contribution in [0.3, 0.4) is 0 Å². The summed E-state index contributed by atoms with van der Waals surface area (Å²) >= 11 is 0. The average Bonchev–Trinajstić information content (AvgIpc) is 2.29. The molecule has 3 atom stereocenters. The molecule has 4 heteroatoms. The molecule has 2 aliphatic heterocycles. The maximum absolute atomic E-state index is 9.24. The quantitative estimate of drug-likeness (QED) is 0.736. The Bertz CT molecular complexity index is 257. The van der Waals surface area contributed by atoms with Gasteiger partial charge in [-0.2, -0.15) is 0 Å². The predicted molar refractivity (Wildman–Crippen MR) is 69.9 cm³/mol. The molecule has 0 amide bonds. The van der Waals surface area contributed by atoms with Crippen molar-refractivity contribution in [1.82, 2.24) is 9.80 Å². The van der Waals surface area contributed by atoms with Crippen molar-refractivity contribution in [2.75, 3.05) is 39.8 Å². The van der Waals surface area contributed by atoms with E-state index in [2.05, 4.69) is 16.8 Å². The van der Waals surface area contributed by atoms with Crippen LogP contribution in [0.25, 0.3) is 0 Å². The number of aliphatic hydroxyl groups excluding tert-OH is 1. The van der Waals surface area contributed by atoms with E-state index in [0.29, 0.717) is 0 Å². The van der Waals surface area contributed by atoms with E-state index in [1.54, 1.807) is 0 Å². The molecular weight excluding hydrogens is 214 g/mol. The van der Waals surface area contributed by atoms with Gasteiger partial charge in [0.15, 0.2) is 0 Å². The van der Waals surface area contributed by atoms with Gasteiger partial charge >= 0.3 is 0 Å². The third-order valence-corrected chi connectivity index (χ3v) is 4.38. The van der Waals surface area contributed by atoms with Crippen LogP contribution in [0.1, 0.15) is 26.2 Å². The number of nitrogens with zero attached hydrogens (tertiary/aromatic N) is 2. The van der Waals surface area contributed by atoms with Crippen LogP contribution in [0, 0.1) is 5.92 Å². The van der Waals surface area contributed by atoms with Gasteiger partial charge in [-0.3, -0.25) is 0 Å². The normalized spacial score (nSPS) is 35.3. The highest BCUT2D eigenvalue weighted by Crippen LogP contribution is 2.29. The molecule has 2 saturated heterocycles. The maximum atomic E-state index is 9.24. The van der Waals surface area contributed by atoms with Crippen molar-refractivity contribution >= 4 is 0 Å². The fourth-order valence-electron chi connectivity index (χ4n) is 3.43. The van der Waals surface area contributed by atoms with Crippen LogP contribution in [0.4, 0.5) is 0 Å².